The van der Waals surface area contributed by atoms with Crippen molar-refractivity contribution in [3.8, 4) is 5.75 Å². The summed E-state index contributed by atoms with van der Waals surface area (Å²) >= 11 is 3.49. The molecule has 0 amide bonds. The highest BCUT2D eigenvalue weighted by Crippen LogP contribution is 2.41. The van der Waals surface area contributed by atoms with Crippen LogP contribution >= 0.6 is 15.9 Å². The fourth-order valence-corrected chi connectivity index (χ4v) is 4.28. The first-order valence-electron chi connectivity index (χ1n) is 8.97. The van der Waals surface area contributed by atoms with Crippen LogP contribution in [0.1, 0.15) is 37.3 Å². The molecule has 26 heavy (non-hydrogen) atoms. The Balaban J connectivity index is 1.90. The van der Waals surface area contributed by atoms with Gasteiger partial charge in [-0.2, -0.15) is 0 Å². The van der Waals surface area contributed by atoms with Gasteiger partial charge in [0, 0.05) is 16.9 Å². The lowest BCUT2D eigenvalue weighted by Crippen LogP contribution is -2.10. The molecule has 0 spiro atoms. The van der Waals surface area contributed by atoms with Gasteiger partial charge in [0.25, 0.3) is 0 Å². The number of phenolic OH excluding ortho intramolecular Hbond substituents is 1. The molecular formula is C23H21BrO2. The number of hydrogen-bond acceptors (Lipinski definition) is 2. The molecule has 0 radical (unpaired) electrons. The lowest BCUT2D eigenvalue weighted by Gasteiger charge is -2.23. The van der Waals surface area contributed by atoms with Gasteiger partial charge in [-0.15, -0.1) is 0 Å². The van der Waals surface area contributed by atoms with Crippen LogP contribution in [0.15, 0.2) is 69.8 Å². The molecule has 0 aliphatic rings. The van der Waals surface area contributed by atoms with Gasteiger partial charge in [0.2, 0.25) is 0 Å². The largest absolute Gasteiger partial charge is 0.507 e. The van der Waals surface area contributed by atoms with E-state index in [0.717, 1.165) is 27.2 Å². The number of aromatic hydroxyl groups is 1. The second-order valence-electron chi connectivity index (χ2n) is 6.93. The average molecular weight is 409 g/mol. The molecule has 0 saturated carbocycles. The molecule has 3 aromatic carbocycles. The highest BCUT2D eigenvalue weighted by molar-refractivity contribution is 9.10. The maximum absolute atomic E-state index is 9.93. The van der Waals surface area contributed by atoms with Gasteiger partial charge < -0.3 is 9.52 Å². The number of hydrogen-bond donors (Lipinski definition) is 1. The van der Waals surface area contributed by atoms with Crippen molar-refractivity contribution in [3.05, 3.63) is 76.5 Å². The van der Waals surface area contributed by atoms with E-state index in [2.05, 4.69) is 60.1 Å². The van der Waals surface area contributed by atoms with Crippen molar-refractivity contribution in [2.24, 2.45) is 5.92 Å². The number of rotatable bonds is 4. The van der Waals surface area contributed by atoms with Crippen LogP contribution in [0, 0.1) is 5.92 Å². The Labute approximate surface area is 161 Å². The molecule has 2 nitrogen and oxygen atoms in total. The van der Waals surface area contributed by atoms with Crippen molar-refractivity contribution in [1.82, 2.24) is 0 Å². The van der Waals surface area contributed by atoms with Crippen LogP contribution in [0.4, 0.5) is 0 Å². The minimum Gasteiger partial charge on any atom is -0.507 e. The van der Waals surface area contributed by atoms with E-state index in [1.165, 1.54) is 16.5 Å². The Morgan fingerprint density at radius 1 is 1.04 bits per heavy atom. The van der Waals surface area contributed by atoms with E-state index >= 15 is 0 Å². The summed E-state index contributed by atoms with van der Waals surface area (Å²) < 4.78 is 6.57. The molecule has 1 N–H and O–H groups in total. The summed E-state index contributed by atoms with van der Waals surface area (Å²) in [4.78, 5) is 0. The summed E-state index contributed by atoms with van der Waals surface area (Å²) in [5, 5.41) is 13.3. The van der Waals surface area contributed by atoms with Crippen molar-refractivity contribution >= 4 is 37.7 Å². The summed E-state index contributed by atoms with van der Waals surface area (Å²) in [5.41, 5.74) is 3.45. The van der Waals surface area contributed by atoms with E-state index in [1.807, 2.05) is 24.5 Å². The highest BCUT2D eigenvalue weighted by atomic mass is 79.9. The normalized spacial score (nSPS) is 14.0. The lowest BCUT2D eigenvalue weighted by molar-refractivity contribution is 0.473. The van der Waals surface area contributed by atoms with Gasteiger partial charge in [-0.05, 0) is 50.3 Å². The molecule has 132 valence electrons. The Morgan fingerprint density at radius 3 is 2.65 bits per heavy atom. The van der Waals surface area contributed by atoms with Crippen LogP contribution < -0.4 is 0 Å². The molecule has 0 bridgehead atoms. The Hall–Kier alpha value is -2.26. The first kappa shape index (κ1) is 17.2. The molecule has 0 aliphatic heterocycles. The van der Waals surface area contributed by atoms with Gasteiger partial charge in [-0.1, -0.05) is 62.7 Å². The third-order valence-electron chi connectivity index (χ3n) is 5.38. The molecule has 1 heterocycles. The molecule has 0 fully saturated rings. The van der Waals surface area contributed by atoms with E-state index in [4.69, 9.17) is 4.42 Å². The quantitative estimate of drug-likeness (QED) is 0.386. The fraction of sp³-hybridized carbons (Fsp3) is 0.217. The Morgan fingerprint density at radius 2 is 1.85 bits per heavy atom. The van der Waals surface area contributed by atoms with Gasteiger partial charge in [-0.25, -0.2) is 0 Å². The van der Waals surface area contributed by atoms with Gasteiger partial charge >= 0.3 is 0 Å². The van der Waals surface area contributed by atoms with Crippen LogP contribution in [0.3, 0.4) is 0 Å². The fourth-order valence-electron chi connectivity index (χ4n) is 3.78. The number of phenols is 1. The SMILES string of the molecule is CCC(C)C(c1ccc2c(Br)c(O)ccc2c1)c1coc2ccccc12. The molecule has 2 atom stereocenters. The standard InChI is InChI=1S/C23H21BrO2/c1-3-14(2)22(19-13-26-21-7-5-4-6-18(19)21)16-8-10-17-15(12-16)9-11-20(25)23(17)24/h4-14,22,25H,3H2,1-2H3. The van der Waals surface area contributed by atoms with E-state index in [0.29, 0.717) is 5.92 Å². The summed E-state index contributed by atoms with van der Waals surface area (Å²) in [6.07, 6.45) is 3.00. The molecular weight excluding hydrogens is 388 g/mol. The topological polar surface area (TPSA) is 33.4 Å². The monoisotopic (exact) mass is 408 g/mol. The zero-order valence-corrected chi connectivity index (χ0v) is 16.5. The first-order valence-corrected chi connectivity index (χ1v) is 9.76. The highest BCUT2D eigenvalue weighted by Gasteiger charge is 2.24. The molecule has 1 aromatic heterocycles. The summed E-state index contributed by atoms with van der Waals surface area (Å²) in [6, 6.07) is 18.4. The molecule has 0 aliphatic carbocycles. The van der Waals surface area contributed by atoms with Crippen molar-refractivity contribution in [1.29, 1.82) is 0 Å². The zero-order valence-electron chi connectivity index (χ0n) is 14.9. The number of furan rings is 1. The van der Waals surface area contributed by atoms with Crippen LogP contribution in [0.25, 0.3) is 21.7 Å². The van der Waals surface area contributed by atoms with Crippen LogP contribution in [0.2, 0.25) is 0 Å². The van der Waals surface area contributed by atoms with Crippen molar-refractivity contribution < 1.29 is 9.52 Å². The average Bonchev–Trinajstić information content (AvgIpc) is 3.09. The smallest absolute Gasteiger partial charge is 0.134 e. The summed E-state index contributed by atoms with van der Waals surface area (Å²) in [6.45, 7) is 4.53. The Kier molecular flexibility index (Phi) is 4.49. The molecule has 4 rings (SSSR count). The third-order valence-corrected chi connectivity index (χ3v) is 6.21. The summed E-state index contributed by atoms with van der Waals surface area (Å²) in [5.74, 6) is 1.01. The van der Waals surface area contributed by atoms with Crippen molar-refractivity contribution in [2.45, 2.75) is 26.2 Å². The first-order chi connectivity index (χ1) is 12.6. The predicted octanol–water partition coefficient (Wildman–Crippen LogP) is 7.23. The number of para-hydroxylation sites is 1. The predicted molar refractivity (Wildman–Crippen MR) is 111 cm³/mol. The van der Waals surface area contributed by atoms with Crippen LogP contribution in [0.5, 0.6) is 5.75 Å². The maximum atomic E-state index is 9.93. The number of fused-ring (bicyclic) bond motifs is 2. The number of halogens is 1. The van der Waals surface area contributed by atoms with Crippen LogP contribution in [-0.2, 0) is 0 Å². The summed E-state index contributed by atoms with van der Waals surface area (Å²) in [7, 11) is 0. The molecule has 4 aromatic rings. The second kappa shape index (κ2) is 6.81. The second-order valence-corrected chi connectivity index (χ2v) is 7.72. The molecule has 2 unspecified atom stereocenters. The molecule has 3 heteroatoms. The maximum Gasteiger partial charge on any atom is 0.134 e. The Bertz CT molecular complexity index is 1080. The van der Waals surface area contributed by atoms with Gasteiger partial charge in [0.1, 0.15) is 11.3 Å². The minimum atomic E-state index is 0.264. The van der Waals surface area contributed by atoms with Crippen molar-refractivity contribution in [3.63, 3.8) is 0 Å². The van der Waals surface area contributed by atoms with Crippen LogP contribution in [-0.4, -0.2) is 5.11 Å². The molecule has 0 saturated heterocycles. The minimum absolute atomic E-state index is 0.264. The lowest BCUT2D eigenvalue weighted by atomic mass is 9.80. The van der Waals surface area contributed by atoms with Gasteiger partial charge in [0.05, 0.1) is 10.7 Å². The van der Waals surface area contributed by atoms with Gasteiger partial charge in [0.15, 0.2) is 0 Å². The van der Waals surface area contributed by atoms with Gasteiger partial charge in [-0.3, -0.25) is 0 Å². The van der Waals surface area contributed by atoms with E-state index < -0.39 is 0 Å². The third kappa shape index (κ3) is 2.80. The van der Waals surface area contributed by atoms with E-state index in [-0.39, 0.29) is 11.7 Å². The van der Waals surface area contributed by atoms with Crippen molar-refractivity contribution in [2.75, 3.05) is 0 Å². The van der Waals surface area contributed by atoms with E-state index in [1.54, 1.807) is 6.07 Å². The number of benzene rings is 3. The van der Waals surface area contributed by atoms with E-state index in [9.17, 15) is 5.11 Å². The zero-order chi connectivity index (χ0) is 18.3.